The van der Waals surface area contributed by atoms with Gasteiger partial charge in [0, 0.05) is 13.0 Å². The fourth-order valence-electron chi connectivity index (χ4n) is 1.88. The van der Waals surface area contributed by atoms with Gasteiger partial charge in [0.1, 0.15) is 12.2 Å². The third-order valence-electron chi connectivity index (χ3n) is 2.97. The van der Waals surface area contributed by atoms with E-state index in [9.17, 15) is 9.90 Å². The minimum Gasteiger partial charge on any atom is -0.448 e. The van der Waals surface area contributed by atoms with Gasteiger partial charge in [-0.3, -0.25) is 0 Å². The molecule has 0 aromatic rings. The fraction of sp³-hybridized carbons (Fsp3) is 0.889. The number of carbonyl (C=O) groups excluding carboxylic acids is 1. The zero-order chi connectivity index (χ0) is 10.2. The number of aliphatic hydroxyl groups is 1. The number of rotatable bonds is 2. The summed E-state index contributed by atoms with van der Waals surface area (Å²) < 4.78 is 10.1. The molecule has 1 amide bonds. The predicted molar refractivity (Wildman–Crippen MR) is 47.9 cm³/mol. The van der Waals surface area contributed by atoms with Gasteiger partial charge in [0.2, 0.25) is 0 Å². The summed E-state index contributed by atoms with van der Waals surface area (Å²) in [5.41, 5.74) is -0.899. The number of β-amino-alcohol motifs (C(OH)–C–C–N with tert-alkyl or cyclic N) is 1. The van der Waals surface area contributed by atoms with Crippen LogP contribution in [0.5, 0.6) is 0 Å². The lowest BCUT2D eigenvalue weighted by Crippen LogP contribution is -2.47. The quantitative estimate of drug-likeness (QED) is 0.682. The SMILES string of the molecule is CC1OCCC1(O)CN1CCOC1=O. The highest BCUT2D eigenvalue weighted by molar-refractivity contribution is 5.69. The molecule has 0 saturated carbocycles. The van der Waals surface area contributed by atoms with Gasteiger partial charge in [-0.2, -0.15) is 0 Å². The summed E-state index contributed by atoms with van der Waals surface area (Å²) in [6.45, 7) is 3.68. The van der Waals surface area contributed by atoms with Gasteiger partial charge in [0.25, 0.3) is 0 Å². The van der Waals surface area contributed by atoms with E-state index in [1.165, 1.54) is 4.90 Å². The van der Waals surface area contributed by atoms with Crippen LogP contribution in [-0.2, 0) is 9.47 Å². The van der Waals surface area contributed by atoms with Crippen molar-refractivity contribution in [2.45, 2.75) is 25.0 Å². The van der Waals surface area contributed by atoms with Crippen molar-refractivity contribution in [3.63, 3.8) is 0 Å². The lowest BCUT2D eigenvalue weighted by atomic mass is 9.96. The molecule has 0 radical (unpaired) electrons. The first-order valence-electron chi connectivity index (χ1n) is 4.87. The van der Waals surface area contributed by atoms with Crippen LogP contribution in [0.15, 0.2) is 0 Å². The number of amides is 1. The first-order valence-corrected chi connectivity index (χ1v) is 4.87. The number of carbonyl (C=O) groups is 1. The van der Waals surface area contributed by atoms with E-state index in [0.29, 0.717) is 32.7 Å². The van der Waals surface area contributed by atoms with Gasteiger partial charge in [0.05, 0.1) is 19.2 Å². The maximum atomic E-state index is 11.2. The second-order valence-corrected chi connectivity index (χ2v) is 3.90. The number of hydrogen-bond acceptors (Lipinski definition) is 4. The highest BCUT2D eigenvalue weighted by Gasteiger charge is 2.43. The minimum atomic E-state index is -0.899. The number of hydrogen-bond donors (Lipinski definition) is 1. The standard InChI is InChI=1S/C9H15NO4/c1-7-9(12,2-4-13-7)6-10-3-5-14-8(10)11/h7,12H,2-6H2,1H3. The smallest absolute Gasteiger partial charge is 0.410 e. The first kappa shape index (κ1) is 9.73. The molecule has 80 valence electrons. The molecule has 0 aromatic heterocycles. The van der Waals surface area contributed by atoms with Crippen LogP contribution in [0.3, 0.4) is 0 Å². The molecule has 2 saturated heterocycles. The third-order valence-corrected chi connectivity index (χ3v) is 2.97. The summed E-state index contributed by atoms with van der Waals surface area (Å²) in [4.78, 5) is 12.7. The van der Waals surface area contributed by atoms with Crippen molar-refractivity contribution in [1.82, 2.24) is 4.90 Å². The highest BCUT2D eigenvalue weighted by Crippen LogP contribution is 2.27. The Morgan fingerprint density at radius 3 is 2.93 bits per heavy atom. The van der Waals surface area contributed by atoms with Crippen molar-refractivity contribution in [3.05, 3.63) is 0 Å². The Hall–Kier alpha value is -0.810. The Labute approximate surface area is 82.6 Å². The summed E-state index contributed by atoms with van der Waals surface area (Å²) in [5, 5.41) is 10.2. The molecule has 0 aromatic carbocycles. The molecule has 5 nitrogen and oxygen atoms in total. The van der Waals surface area contributed by atoms with E-state index in [2.05, 4.69) is 0 Å². The molecule has 0 spiro atoms. The minimum absolute atomic E-state index is 0.212. The normalized spacial score (nSPS) is 37.7. The summed E-state index contributed by atoms with van der Waals surface area (Å²) in [7, 11) is 0. The van der Waals surface area contributed by atoms with Crippen molar-refractivity contribution in [2.24, 2.45) is 0 Å². The fourth-order valence-corrected chi connectivity index (χ4v) is 1.88. The summed E-state index contributed by atoms with van der Waals surface area (Å²) in [5.74, 6) is 0. The molecule has 5 heteroatoms. The molecule has 14 heavy (non-hydrogen) atoms. The van der Waals surface area contributed by atoms with Crippen molar-refractivity contribution in [1.29, 1.82) is 0 Å². The zero-order valence-electron chi connectivity index (χ0n) is 8.23. The van der Waals surface area contributed by atoms with E-state index in [1.54, 1.807) is 0 Å². The summed E-state index contributed by atoms with van der Waals surface area (Å²) in [6.07, 6.45) is 0.0335. The van der Waals surface area contributed by atoms with E-state index >= 15 is 0 Å². The Bertz CT molecular complexity index is 245. The summed E-state index contributed by atoms with van der Waals surface area (Å²) in [6, 6.07) is 0. The Morgan fingerprint density at radius 2 is 2.43 bits per heavy atom. The Balaban J connectivity index is 1.98. The summed E-state index contributed by atoms with van der Waals surface area (Å²) >= 11 is 0. The van der Waals surface area contributed by atoms with E-state index in [0.717, 1.165) is 0 Å². The molecule has 0 aliphatic carbocycles. The van der Waals surface area contributed by atoms with E-state index in [1.807, 2.05) is 6.92 Å². The molecular formula is C9H15NO4. The van der Waals surface area contributed by atoms with Crippen molar-refractivity contribution >= 4 is 6.09 Å². The lowest BCUT2D eigenvalue weighted by molar-refractivity contribution is -0.0407. The Kier molecular flexibility index (Phi) is 2.36. The van der Waals surface area contributed by atoms with Crippen molar-refractivity contribution in [2.75, 3.05) is 26.3 Å². The van der Waals surface area contributed by atoms with Crippen LogP contribution in [0.4, 0.5) is 4.79 Å². The van der Waals surface area contributed by atoms with Crippen molar-refractivity contribution in [3.8, 4) is 0 Å². The van der Waals surface area contributed by atoms with Gasteiger partial charge < -0.3 is 19.5 Å². The molecule has 2 heterocycles. The van der Waals surface area contributed by atoms with E-state index in [-0.39, 0.29) is 12.2 Å². The topological polar surface area (TPSA) is 59.0 Å². The maximum absolute atomic E-state index is 11.2. The molecule has 0 bridgehead atoms. The highest BCUT2D eigenvalue weighted by atomic mass is 16.6. The second kappa shape index (κ2) is 3.40. The molecule has 2 fully saturated rings. The van der Waals surface area contributed by atoms with Gasteiger partial charge in [-0.05, 0) is 6.92 Å². The van der Waals surface area contributed by atoms with Gasteiger partial charge in [-0.25, -0.2) is 4.79 Å². The largest absolute Gasteiger partial charge is 0.448 e. The average molecular weight is 201 g/mol. The molecule has 2 rings (SSSR count). The zero-order valence-corrected chi connectivity index (χ0v) is 8.23. The van der Waals surface area contributed by atoms with Crippen LogP contribution in [0.2, 0.25) is 0 Å². The van der Waals surface area contributed by atoms with Crippen LogP contribution in [0, 0.1) is 0 Å². The maximum Gasteiger partial charge on any atom is 0.410 e. The average Bonchev–Trinajstić information content (AvgIpc) is 2.64. The van der Waals surface area contributed by atoms with Gasteiger partial charge in [-0.15, -0.1) is 0 Å². The molecule has 2 aliphatic rings. The number of cyclic esters (lactones) is 1. The van der Waals surface area contributed by atoms with Crippen LogP contribution in [0.1, 0.15) is 13.3 Å². The van der Waals surface area contributed by atoms with Crippen LogP contribution in [0.25, 0.3) is 0 Å². The predicted octanol–water partition coefficient (Wildman–Crippen LogP) is -0.0215. The number of ether oxygens (including phenoxy) is 2. The first-order chi connectivity index (χ1) is 6.62. The van der Waals surface area contributed by atoms with Crippen LogP contribution < -0.4 is 0 Å². The molecule has 1 N–H and O–H groups in total. The Morgan fingerprint density at radius 1 is 1.64 bits per heavy atom. The van der Waals surface area contributed by atoms with Gasteiger partial charge in [0.15, 0.2) is 0 Å². The van der Waals surface area contributed by atoms with E-state index < -0.39 is 5.60 Å². The van der Waals surface area contributed by atoms with E-state index in [4.69, 9.17) is 9.47 Å². The van der Waals surface area contributed by atoms with Crippen molar-refractivity contribution < 1.29 is 19.4 Å². The van der Waals surface area contributed by atoms with Gasteiger partial charge >= 0.3 is 6.09 Å². The van der Waals surface area contributed by atoms with Crippen LogP contribution >= 0.6 is 0 Å². The monoisotopic (exact) mass is 201 g/mol. The van der Waals surface area contributed by atoms with Gasteiger partial charge in [-0.1, -0.05) is 0 Å². The number of nitrogens with zero attached hydrogens (tertiary/aromatic N) is 1. The molecule has 2 aliphatic heterocycles. The third kappa shape index (κ3) is 1.57. The van der Waals surface area contributed by atoms with Crippen LogP contribution in [-0.4, -0.2) is 54.1 Å². The lowest BCUT2D eigenvalue weighted by Gasteiger charge is -2.29. The molecule has 2 atom stereocenters. The second-order valence-electron chi connectivity index (χ2n) is 3.90. The molecular weight excluding hydrogens is 186 g/mol. The molecule has 2 unspecified atom stereocenters.